The molecule has 21 heavy (non-hydrogen) atoms. The molecule has 1 fully saturated rings. The highest BCUT2D eigenvalue weighted by Crippen LogP contribution is 2.19. The van der Waals surface area contributed by atoms with Crippen LogP contribution in [-0.2, 0) is 19.6 Å². The van der Waals surface area contributed by atoms with Crippen molar-refractivity contribution in [2.45, 2.75) is 25.7 Å². The van der Waals surface area contributed by atoms with E-state index in [1.807, 2.05) is 0 Å². The smallest absolute Gasteiger partial charge is 0.312 e. The first-order valence-electron chi connectivity index (χ1n) is 6.93. The summed E-state index contributed by atoms with van der Waals surface area (Å²) in [6, 6.07) is -0.604. The van der Waals surface area contributed by atoms with Gasteiger partial charge in [0.2, 0.25) is 10.0 Å². The molecule has 0 aliphatic carbocycles. The third-order valence-corrected chi connectivity index (χ3v) is 5.37. The van der Waals surface area contributed by atoms with Crippen LogP contribution < -0.4 is 11.1 Å². The molecule has 0 radical (unpaired) electrons. The maximum atomic E-state index is 12.2. The molecular weight excluding hydrogens is 298 g/mol. The molecule has 8 nitrogen and oxygen atoms in total. The number of esters is 1. The maximum Gasteiger partial charge on any atom is 0.312 e. The van der Waals surface area contributed by atoms with Crippen LogP contribution in [-0.4, -0.2) is 57.2 Å². The van der Waals surface area contributed by atoms with Gasteiger partial charge >= 0.3 is 12.0 Å². The van der Waals surface area contributed by atoms with Gasteiger partial charge in [0.15, 0.2) is 0 Å². The summed E-state index contributed by atoms with van der Waals surface area (Å²) in [6.45, 7) is 1.23. The number of hydrogen-bond donors (Lipinski definition) is 2. The van der Waals surface area contributed by atoms with E-state index in [4.69, 9.17) is 5.73 Å². The van der Waals surface area contributed by atoms with E-state index in [1.165, 1.54) is 11.4 Å². The number of amides is 2. The zero-order chi connectivity index (χ0) is 15.9. The van der Waals surface area contributed by atoms with Crippen LogP contribution in [0.4, 0.5) is 4.79 Å². The van der Waals surface area contributed by atoms with E-state index in [0.29, 0.717) is 19.6 Å². The van der Waals surface area contributed by atoms with Crippen molar-refractivity contribution in [3.8, 4) is 0 Å². The lowest BCUT2D eigenvalue weighted by atomic mass is 10.00. The van der Waals surface area contributed by atoms with Crippen molar-refractivity contribution < 1.29 is 22.7 Å². The number of primary amides is 1. The number of sulfonamides is 1. The van der Waals surface area contributed by atoms with Gasteiger partial charge in [-0.25, -0.2) is 17.5 Å². The molecular formula is C12H23N3O5S. The van der Waals surface area contributed by atoms with Crippen molar-refractivity contribution in [3.63, 3.8) is 0 Å². The Morgan fingerprint density at radius 2 is 2.14 bits per heavy atom. The Balaban J connectivity index is 2.46. The quantitative estimate of drug-likeness (QED) is 0.621. The van der Waals surface area contributed by atoms with Crippen LogP contribution in [0.5, 0.6) is 0 Å². The third-order valence-electron chi connectivity index (χ3n) is 3.45. The number of nitrogens with one attached hydrogen (secondary N) is 1. The summed E-state index contributed by atoms with van der Waals surface area (Å²) in [4.78, 5) is 21.7. The van der Waals surface area contributed by atoms with E-state index >= 15 is 0 Å². The van der Waals surface area contributed by atoms with Gasteiger partial charge in [-0.3, -0.25) is 4.79 Å². The number of hydrogen-bond acceptors (Lipinski definition) is 5. The number of carbonyl (C=O) groups is 2. The van der Waals surface area contributed by atoms with Crippen LogP contribution in [0.2, 0.25) is 0 Å². The number of methoxy groups -OCH3 is 1. The van der Waals surface area contributed by atoms with E-state index in [2.05, 4.69) is 10.1 Å². The fraction of sp³-hybridized carbons (Fsp3) is 0.833. The molecule has 1 unspecified atom stereocenters. The first-order valence-corrected chi connectivity index (χ1v) is 8.54. The summed E-state index contributed by atoms with van der Waals surface area (Å²) in [7, 11) is -2.10. The number of nitrogens with zero attached hydrogens (tertiary/aromatic N) is 1. The minimum atomic E-state index is -3.38. The highest BCUT2D eigenvalue weighted by molar-refractivity contribution is 7.89. The van der Waals surface area contributed by atoms with Crippen molar-refractivity contribution in [1.82, 2.24) is 9.62 Å². The van der Waals surface area contributed by atoms with Crippen LogP contribution in [0.15, 0.2) is 0 Å². The molecule has 0 spiro atoms. The lowest BCUT2D eigenvalue weighted by molar-refractivity contribution is -0.140. The fourth-order valence-electron chi connectivity index (χ4n) is 2.32. The first-order chi connectivity index (χ1) is 9.85. The average Bonchev–Trinajstić information content (AvgIpc) is 2.45. The van der Waals surface area contributed by atoms with Crippen LogP contribution in [0.3, 0.4) is 0 Å². The number of ether oxygens (including phenoxy) is 1. The zero-order valence-electron chi connectivity index (χ0n) is 12.2. The molecule has 2 amide bonds. The van der Waals surface area contributed by atoms with Gasteiger partial charge < -0.3 is 15.8 Å². The molecule has 1 rings (SSSR count). The Labute approximate surface area is 125 Å². The molecule has 0 aromatic carbocycles. The normalized spacial score (nSPS) is 20.0. The summed E-state index contributed by atoms with van der Waals surface area (Å²) in [5.41, 5.74) is 5.01. The molecule has 0 aromatic rings. The molecule has 3 N–H and O–H groups in total. The molecule has 1 atom stereocenters. The van der Waals surface area contributed by atoms with Crippen molar-refractivity contribution in [3.05, 3.63) is 0 Å². The van der Waals surface area contributed by atoms with Gasteiger partial charge in [-0.05, 0) is 25.2 Å². The number of rotatable bonds is 7. The predicted molar refractivity (Wildman–Crippen MR) is 76.9 cm³/mol. The van der Waals surface area contributed by atoms with Crippen LogP contribution in [0, 0.1) is 5.92 Å². The molecule has 1 heterocycles. The monoisotopic (exact) mass is 321 g/mol. The molecule has 1 saturated heterocycles. The topological polar surface area (TPSA) is 119 Å². The van der Waals surface area contributed by atoms with E-state index < -0.39 is 22.0 Å². The highest BCUT2D eigenvalue weighted by atomic mass is 32.2. The standard InChI is InChI=1S/C12H23N3O5S/c1-20-11(16)5-3-7-21(18,19)15-6-2-4-10(9-15)8-14-12(13)17/h10H,2-9H2,1H3,(H3,13,14,17). The molecule has 0 saturated carbocycles. The Morgan fingerprint density at radius 3 is 2.76 bits per heavy atom. The number of piperidine rings is 1. The van der Waals surface area contributed by atoms with Crippen LogP contribution in [0.1, 0.15) is 25.7 Å². The molecule has 0 bridgehead atoms. The van der Waals surface area contributed by atoms with Crippen LogP contribution >= 0.6 is 0 Å². The van der Waals surface area contributed by atoms with E-state index in [1.54, 1.807) is 0 Å². The van der Waals surface area contributed by atoms with E-state index in [9.17, 15) is 18.0 Å². The summed E-state index contributed by atoms with van der Waals surface area (Å²) in [5.74, 6) is -0.410. The van der Waals surface area contributed by atoms with Gasteiger partial charge in [-0.1, -0.05) is 0 Å². The molecule has 1 aliphatic rings. The van der Waals surface area contributed by atoms with Gasteiger partial charge in [0.1, 0.15) is 0 Å². The van der Waals surface area contributed by atoms with Crippen molar-refractivity contribution in [2.75, 3.05) is 32.5 Å². The minimum absolute atomic E-state index is 0.0710. The Hall–Kier alpha value is -1.35. The Bertz CT molecular complexity index is 466. The predicted octanol–water partition coefficient (Wildman–Crippen LogP) is -0.350. The second kappa shape index (κ2) is 8.18. The lowest BCUT2D eigenvalue weighted by Crippen LogP contribution is -2.45. The summed E-state index contributed by atoms with van der Waals surface area (Å²) in [5, 5.41) is 2.51. The zero-order valence-corrected chi connectivity index (χ0v) is 13.0. The van der Waals surface area contributed by atoms with Gasteiger partial charge in [-0.2, -0.15) is 0 Å². The number of carbonyl (C=O) groups excluding carboxylic acids is 2. The summed E-state index contributed by atoms with van der Waals surface area (Å²) >= 11 is 0. The van der Waals surface area contributed by atoms with Gasteiger partial charge in [0.05, 0.1) is 12.9 Å². The van der Waals surface area contributed by atoms with Gasteiger partial charge in [0, 0.05) is 26.1 Å². The second-order valence-electron chi connectivity index (χ2n) is 5.11. The van der Waals surface area contributed by atoms with Crippen molar-refractivity contribution >= 4 is 22.0 Å². The number of nitrogens with two attached hydrogens (primary N) is 1. The van der Waals surface area contributed by atoms with Gasteiger partial charge in [0.25, 0.3) is 0 Å². The SMILES string of the molecule is COC(=O)CCCS(=O)(=O)N1CCCC(CNC(N)=O)C1. The molecule has 9 heteroatoms. The molecule has 1 aliphatic heterocycles. The van der Waals surface area contributed by atoms with Crippen molar-refractivity contribution in [1.29, 1.82) is 0 Å². The number of urea groups is 1. The first kappa shape index (κ1) is 17.7. The van der Waals surface area contributed by atoms with Crippen LogP contribution in [0.25, 0.3) is 0 Å². The molecule has 122 valence electrons. The van der Waals surface area contributed by atoms with E-state index in [-0.39, 0.29) is 24.5 Å². The van der Waals surface area contributed by atoms with Gasteiger partial charge in [-0.15, -0.1) is 0 Å². The Morgan fingerprint density at radius 1 is 1.43 bits per heavy atom. The summed E-state index contributed by atoms with van der Waals surface area (Å²) < 4.78 is 30.3. The van der Waals surface area contributed by atoms with Crippen molar-refractivity contribution in [2.24, 2.45) is 11.7 Å². The lowest BCUT2D eigenvalue weighted by Gasteiger charge is -2.31. The maximum absolute atomic E-state index is 12.2. The third kappa shape index (κ3) is 6.30. The largest absolute Gasteiger partial charge is 0.469 e. The second-order valence-corrected chi connectivity index (χ2v) is 7.20. The van der Waals surface area contributed by atoms with E-state index in [0.717, 1.165) is 12.8 Å². The minimum Gasteiger partial charge on any atom is -0.469 e. The fourth-order valence-corrected chi connectivity index (χ4v) is 3.93. The molecule has 0 aromatic heterocycles. The Kier molecular flexibility index (Phi) is 6.90. The highest BCUT2D eigenvalue weighted by Gasteiger charge is 2.28. The average molecular weight is 321 g/mol. The summed E-state index contributed by atoms with van der Waals surface area (Å²) in [6.07, 6.45) is 1.95.